The molecule has 4 atom stereocenters. The van der Waals surface area contributed by atoms with E-state index in [-0.39, 0.29) is 23.3 Å². The van der Waals surface area contributed by atoms with Crippen molar-refractivity contribution >= 4 is 5.78 Å². The van der Waals surface area contributed by atoms with E-state index in [0.717, 1.165) is 5.56 Å². The van der Waals surface area contributed by atoms with Gasteiger partial charge in [0, 0.05) is 11.6 Å². The zero-order valence-corrected chi connectivity index (χ0v) is 13.3. The Labute approximate surface area is 139 Å². The minimum atomic E-state index is -1.58. The van der Waals surface area contributed by atoms with Crippen molar-refractivity contribution < 1.29 is 24.9 Å². The predicted octanol–water partition coefficient (Wildman–Crippen LogP) is -0.116. The summed E-state index contributed by atoms with van der Waals surface area (Å²) in [6.07, 6.45) is 3.97. The molecule has 0 radical (unpaired) electrons. The number of hydrogen-bond donors (Lipinski definition) is 3. The number of benzene rings is 1. The summed E-state index contributed by atoms with van der Waals surface area (Å²) in [4.78, 5) is 14.9. The largest absolute Gasteiger partial charge is 0.504 e. The number of aliphatic hydroxyl groups is 2. The zero-order chi connectivity index (χ0) is 16.9. The Hall–Kier alpha value is -1.89. The number of aromatic hydroxyl groups is 1. The Kier molecular flexibility index (Phi) is 2.42. The highest BCUT2D eigenvalue weighted by molar-refractivity contribution is 6.02. The summed E-state index contributed by atoms with van der Waals surface area (Å²) < 4.78 is 5.98. The molecule has 2 aliphatic carbocycles. The lowest BCUT2D eigenvalue weighted by Gasteiger charge is -2.62. The number of carbonyl (C=O) groups excluding carboxylic acids is 1. The number of carbonyl (C=O) groups is 1. The van der Waals surface area contributed by atoms with Crippen LogP contribution in [0.25, 0.3) is 0 Å². The normalized spacial score (nSPS) is 42.0. The number of hydrogen-bond acceptors (Lipinski definition) is 6. The molecule has 2 bridgehead atoms. The number of nitrogens with zero attached hydrogens (tertiary/aromatic N) is 1. The van der Waals surface area contributed by atoms with Crippen LogP contribution in [0.2, 0.25) is 0 Å². The van der Waals surface area contributed by atoms with E-state index in [1.54, 1.807) is 12.1 Å². The van der Waals surface area contributed by atoms with Crippen molar-refractivity contribution in [3.05, 3.63) is 35.4 Å². The number of rotatable bonds is 1. The fourth-order valence-electron chi connectivity index (χ4n) is 5.60. The van der Waals surface area contributed by atoms with Crippen molar-refractivity contribution in [2.45, 2.75) is 35.5 Å². The average Bonchev–Trinajstić information content (AvgIpc) is 2.88. The third-order valence-corrected chi connectivity index (χ3v) is 6.70. The molecule has 6 heteroatoms. The first-order valence-electron chi connectivity index (χ1n) is 8.23. The fourth-order valence-corrected chi connectivity index (χ4v) is 5.60. The maximum atomic E-state index is 12.8. The van der Waals surface area contributed by atoms with Crippen LogP contribution in [0.4, 0.5) is 0 Å². The van der Waals surface area contributed by atoms with Crippen molar-refractivity contribution in [2.24, 2.45) is 0 Å². The van der Waals surface area contributed by atoms with Gasteiger partial charge in [0.1, 0.15) is 5.60 Å². The minimum Gasteiger partial charge on any atom is -0.504 e. The first-order chi connectivity index (χ1) is 11.4. The number of phenols is 1. The lowest BCUT2D eigenvalue weighted by Crippen LogP contribution is -2.79. The Balaban J connectivity index is 1.95. The minimum absolute atomic E-state index is 0.0575. The van der Waals surface area contributed by atoms with E-state index in [4.69, 9.17) is 4.74 Å². The molecule has 1 saturated heterocycles. The van der Waals surface area contributed by atoms with E-state index in [1.807, 2.05) is 13.1 Å². The highest BCUT2D eigenvalue weighted by Crippen LogP contribution is 2.66. The molecule has 1 fully saturated rings. The molecule has 1 spiro atoms. The van der Waals surface area contributed by atoms with Crippen LogP contribution in [0.5, 0.6) is 11.5 Å². The van der Waals surface area contributed by atoms with Crippen LogP contribution in [0.15, 0.2) is 24.3 Å². The van der Waals surface area contributed by atoms with E-state index in [0.29, 0.717) is 24.9 Å². The Morgan fingerprint density at radius 2 is 2.21 bits per heavy atom. The Morgan fingerprint density at radius 3 is 2.96 bits per heavy atom. The first kappa shape index (κ1) is 14.5. The summed E-state index contributed by atoms with van der Waals surface area (Å²) in [5, 5.41) is 32.3. The SMILES string of the molecule is CN1CC[C@]23c4c5ccc(O)c4O[C@@]2(CO)C(=O)C=CC3(O)C1C5. The van der Waals surface area contributed by atoms with Gasteiger partial charge in [-0.15, -0.1) is 0 Å². The van der Waals surface area contributed by atoms with E-state index in [1.165, 1.54) is 6.08 Å². The molecule has 2 aliphatic heterocycles. The number of phenolic OH excluding ortho intramolecular Hbond substituents is 1. The first-order valence-corrected chi connectivity index (χ1v) is 8.23. The Morgan fingerprint density at radius 1 is 1.42 bits per heavy atom. The summed E-state index contributed by atoms with van der Waals surface area (Å²) in [6, 6.07) is 3.18. The second-order valence-corrected chi connectivity index (χ2v) is 7.41. The molecule has 2 heterocycles. The molecule has 6 nitrogen and oxygen atoms in total. The van der Waals surface area contributed by atoms with Gasteiger partial charge in [-0.05, 0) is 50.2 Å². The van der Waals surface area contributed by atoms with Gasteiger partial charge in [-0.1, -0.05) is 6.07 Å². The van der Waals surface area contributed by atoms with Gasteiger partial charge >= 0.3 is 0 Å². The molecular weight excluding hydrogens is 310 g/mol. The van der Waals surface area contributed by atoms with Crippen LogP contribution in [0.3, 0.4) is 0 Å². The van der Waals surface area contributed by atoms with Crippen LogP contribution in [0, 0.1) is 0 Å². The van der Waals surface area contributed by atoms with Crippen LogP contribution in [-0.4, -0.2) is 63.4 Å². The number of aliphatic hydroxyl groups excluding tert-OH is 1. The summed E-state index contributed by atoms with van der Waals surface area (Å²) in [7, 11) is 1.96. The monoisotopic (exact) mass is 329 g/mol. The average molecular weight is 329 g/mol. The van der Waals surface area contributed by atoms with Gasteiger partial charge in [0.05, 0.1) is 12.0 Å². The second-order valence-electron chi connectivity index (χ2n) is 7.41. The smallest absolute Gasteiger partial charge is 0.206 e. The van der Waals surface area contributed by atoms with Crippen LogP contribution in [-0.2, 0) is 16.6 Å². The van der Waals surface area contributed by atoms with Gasteiger partial charge < -0.3 is 20.1 Å². The maximum Gasteiger partial charge on any atom is 0.206 e. The number of likely N-dealkylation sites (tertiary alicyclic amines) is 1. The number of ether oxygens (including phenoxy) is 1. The van der Waals surface area contributed by atoms with Crippen LogP contribution in [0.1, 0.15) is 17.5 Å². The highest BCUT2D eigenvalue weighted by atomic mass is 16.5. The van der Waals surface area contributed by atoms with Crippen LogP contribution >= 0.6 is 0 Å². The fraction of sp³-hybridized carbons (Fsp3) is 0.500. The molecule has 3 N–H and O–H groups in total. The molecule has 24 heavy (non-hydrogen) atoms. The van der Waals surface area contributed by atoms with Crippen molar-refractivity contribution in [1.29, 1.82) is 0 Å². The lowest BCUT2D eigenvalue weighted by molar-refractivity contribution is -0.184. The predicted molar refractivity (Wildman–Crippen MR) is 84.1 cm³/mol. The second kappa shape index (κ2) is 4.02. The van der Waals surface area contributed by atoms with Gasteiger partial charge in [-0.2, -0.15) is 0 Å². The van der Waals surface area contributed by atoms with E-state index >= 15 is 0 Å². The Bertz CT molecular complexity index is 820. The van der Waals surface area contributed by atoms with Crippen molar-refractivity contribution in [1.82, 2.24) is 4.90 Å². The number of likely N-dealkylation sites (N-methyl/N-ethyl adjacent to an activating group) is 1. The van der Waals surface area contributed by atoms with Gasteiger partial charge in [0.2, 0.25) is 11.4 Å². The van der Waals surface area contributed by atoms with Crippen molar-refractivity contribution in [2.75, 3.05) is 20.2 Å². The summed E-state index contributed by atoms with van der Waals surface area (Å²) in [5.74, 6) is -0.181. The maximum absolute atomic E-state index is 12.8. The molecule has 0 aromatic heterocycles. The number of ketones is 1. The van der Waals surface area contributed by atoms with E-state index < -0.39 is 23.2 Å². The van der Waals surface area contributed by atoms with Crippen LogP contribution < -0.4 is 4.74 Å². The highest BCUT2D eigenvalue weighted by Gasteiger charge is 2.78. The molecule has 0 saturated carbocycles. The summed E-state index contributed by atoms with van der Waals surface area (Å²) >= 11 is 0. The van der Waals surface area contributed by atoms with Gasteiger partial charge in [0.15, 0.2) is 11.5 Å². The third kappa shape index (κ3) is 1.17. The molecular formula is C18H19NO5. The quantitative estimate of drug-likeness (QED) is 0.666. The van der Waals surface area contributed by atoms with Gasteiger partial charge in [-0.3, -0.25) is 9.69 Å². The molecule has 5 rings (SSSR count). The molecule has 1 aromatic carbocycles. The molecule has 4 aliphatic rings. The zero-order valence-electron chi connectivity index (χ0n) is 13.3. The lowest BCUT2D eigenvalue weighted by atomic mass is 9.47. The van der Waals surface area contributed by atoms with Gasteiger partial charge in [0.25, 0.3) is 0 Å². The van der Waals surface area contributed by atoms with E-state index in [2.05, 4.69) is 4.90 Å². The molecule has 0 amide bonds. The molecule has 126 valence electrons. The van der Waals surface area contributed by atoms with Gasteiger partial charge in [-0.25, -0.2) is 0 Å². The standard InChI is InChI=1S/C18H19NO5/c1-19-7-6-16-14-10-2-3-11(21)15(14)24-18(16,9-20)13(22)4-5-17(16,23)12(19)8-10/h2-5,12,20-21,23H,6-9H2,1H3/t12?,16-,17?,18+/m1/s1. The molecule has 1 aromatic rings. The summed E-state index contributed by atoms with van der Waals surface area (Å²) in [5.41, 5.74) is -2.32. The van der Waals surface area contributed by atoms with Crippen molar-refractivity contribution in [3.8, 4) is 11.5 Å². The number of piperidine rings is 1. The third-order valence-electron chi connectivity index (χ3n) is 6.70. The summed E-state index contributed by atoms with van der Waals surface area (Å²) in [6.45, 7) is 0.135. The van der Waals surface area contributed by atoms with E-state index in [9.17, 15) is 20.1 Å². The topological polar surface area (TPSA) is 90.2 Å². The van der Waals surface area contributed by atoms with Crippen molar-refractivity contribution in [3.63, 3.8) is 0 Å². The molecule has 2 unspecified atom stereocenters.